The van der Waals surface area contributed by atoms with Crippen LogP contribution in [-0.2, 0) is 9.59 Å². The fourth-order valence-electron chi connectivity index (χ4n) is 2.54. The molecule has 1 fully saturated rings. The smallest absolute Gasteiger partial charge is 0.325 e. The van der Waals surface area contributed by atoms with Gasteiger partial charge in [-0.3, -0.25) is 14.5 Å². The van der Waals surface area contributed by atoms with Gasteiger partial charge in [-0.15, -0.1) is 0 Å². The first-order chi connectivity index (χ1) is 9.94. The van der Waals surface area contributed by atoms with Crippen molar-refractivity contribution in [2.24, 2.45) is 0 Å². The van der Waals surface area contributed by atoms with Gasteiger partial charge in [0.2, 0.25) is 5.91 Å². The molecule has 0 aromatic carbocycles. The van der Waals surface area contributed by atoms with Crippen LogP contribution in [0.4, 0.5) is 4.79 Å². The van der Waals surface area contributed by atoms with Crippen molar-refractivity contribution in [3.05, 3.63) is 0 Å². The highest BCUT2D eigenvalue weighted by atomic mass is 16.2. The summed E-state index contributed by atoms with van der Waals surface area (Å²) < 4.78 is 0. The van der Waals surface area contributed by atoms with E-state index in [2.05, 4.69) is 17.6 Å². The van der Waals surface area contributed by atoms with Crippen LogP contribution in [0.25, 0.3) is 0 Å². The van der Waals surface area contributed by atoms with Crippen molar-refractivity contribution in [2.45, 2.75) is 64.8 Å². The number of carbonyl (C=O) groups excluding carboxylic acids is 3. The standard InChI is InChI=1S/C15H27N3O3/c1-4-6-7-8-9-10-15(3)13(20)18(14(21)17-15)11-12(19)16-5-2/h4-11H2,1-3H3,(H,16,19)(H,17,21)/t15-/m1/s1. The summed E-state index contributed by atoms with van der Waals surface area (Å²) >= 11 is 0. The maximum atomic E-state index is 12.4. The number of imide groups is 1. The first kappa shape index (κ1) is 17.5. The molecule has 1 atom stereocenters. The summed E-state index contributed by atoms with van der Waals surface area (Å²) in [5.41, 5.74) is -0.865. The predicted octanol–water partition coefficient (Wildman–Crippen LogP) is 1.79. The molecule has 0 aromatic rings. The highest BCUT2D eigenvalue weighted by Crippen LogP contribution is 2.24. The van der Waals surface area contributed by atoms with Crippen molar-refractivity contribution in [1.29, 1.82) is 0 Å². The molecule has 6 heteroatoms. The quantitative estimate of drug-likeness (QED) is 0.503. The van der Waals surface area contributed by atoms with Gasteiger partial charge in [0.15, 0.2) is 0 Å². The minimum absolute atomic E-state index is 0.204. The fraction of sp³-hybridized carbons (Fsp3) is 0.800. The lowest BCUT2D eigenvalue weighted by molar-refractivity contribution is -0.134. The van der Waals surface area contributed by atoms with Gasteiger partial charge in [0.25, 0.3) is 5.91 Å². The molecule has 21 heavy (non-hydrogen) atoms. The summed E-state index contributed by atoms with van der Waals surface area (Å²) in [6.45, 7) is 5.97. The Labute approximate surface area is 126 Å². The first-order valence-corrected chi connectivity index (χ1v) is 7.85. The molecular formula is C15H27N3O3. The molecule has 0 saturated carbocycles. The molecule has 2 N–H and O–H groups in total. The molecule has 1 rings (SSSR count). The Morgan fingerprint density at radius 3 is 2.48 bits per heavy atom. The number of hydrogen-bond donors (Lipinski definition) is 2. The lowest BCUT2D eigenvalue weighted by Crippen LogP contribution is -2.45. The minimum atomic E-state index is -0.865. The third-order valence-electron chi connectivity index (χ3n) is 3.80. The van der Waals surface area contributed by atoms with Crippen LogP contribution in [0.15, 0.2) is 0 Å². The lowest BCUT2D eigenvalue weighted by Gasteiger charge is -2.21. The van der Waals surface area contributed by atoms with Gasteiger partial charge >= 0.3 is 6.03 Å². The number of carbonyl (C=O) groups is 3. The number of nitrogens with zero attached hydrogens (tertiary/aromatic N) is 1. The van der Waals surface area contributed by atoms with Crippen molar-refractivity contribution in [3.63, 3.8) is 0 Å². The SMILES string of the molecule is CCCCCCC[C@@]1(C)NC(=O)N(CC(=O)NCC)C1=O. The molecule has 0 bridgehead atoms. The molecule has 120 valence electrons. The average Bonchev–Trinajstić information content (AvgIpc) is 2.63. The molecule has 1 saturated heterocycles. The molecule has 1 aliphatic heterocycles. The number of unbranched alkanes of at least 4 members (excludes halogenated alkanes) is 4. The number of likely N-dealkylation sites (N-methyl/N-ethyl adjacent to an activating group) is 1. The van der Waals surface area contributed by atoms with Crippen molar-refractivity contribution in [2.75, 3.05) is 13.1 Å². The number of amides is 4. The van der Waals surface area contributed by atoms with Crippen molar-refractivity contribution < 1.29 is 14.4 Å². The van der Waals surface area contributed by atoms with Gasteiger partial charge in [-0.05, 0) is 20.3 Å². The molecule has 0 aromatic heterocycles. The topological polar surface area (TPSA) is 78.5 Å². The Morgan fingerprint density at radius 2 is 1.86 bits per heavy atom. The van der Waals surface area contributed by atoms with E-state index in [-0.39, 0.29) is 18.4 Å². The Kier molecular flexibility index (Phi) is 6.65. The summed E-state index contributed by atoms with van der Waals surface area (Å²) in [7, 11) is 0. The number of urea groups is 1. The van der Waals surface area contributed by atoms with Crippen LogP contribution in [0.1, 0.15) is 59.3 Å². The van der Waals surface area contributed by atoms with Crippen LogP contribution in [0.5, 0.6) is 0 Å². The van der Waals surface area contributed by atoms with Crippen LogP contribution < -0.4 is 10.6 Å². The molecule has 0 unspecified atom stereocenters. The highest BCUT2D eigenvalue weighted by molar-refractivity contribution is 6.08. The second kappa shape index (κ2) is 8.00. The minimum Gasteiger partial charge on any atom is -0.355 e. The summed E-state index contributed by atoms with van der Waals surface area (Å²) in [6, 6.07) is -0.470. The maximum absolute atomic E-state index is 12.4. The van der Waals surface area contributed by atoms with E-state index >= 15 is 0 Å². The fourth-order valence-corrected chi connectivity index (χ4v) is 2.54. The predicted molar refractivity (Wildman–Crippen MR) is 80.7 cm³/mol. The lowest BCUT2D eigenvalue weighted by atomic mass is 9.94. The average molecular weight is 297 g/mol. The van der Waals surface area contributed by atoms with Crippen molar-refractivity contribution in [3.8, 4) is 0 Å². The van der Waals surface area contributed by atoms with Gasteiger partial charge in [0.05, 0.1) is 0 Å². The van der Waals surface area contributed by atoms with Gasteiger partial charge in [0.1, 0.15) is 12.1 Å². The number of nitrogens with one attached hydrogen (secondary N) is 2. The normalized spacial score (nSPS) is 21.6. The zero-order valence-corrected chi connectivity index (χ0v) is 13.3. The summed E-state index contributed by atoms with van der Waals surface area (Å²) in [5, 5.41) is 5.32. The van der Waals surface area contributed by atoms with E-state index in [1.807, 2.05) is 0 Å². The molecule has 0 spiro atoms. The molecule has 1 aliphatic rings. The van der Waals surface area contributed by atoms with Crippen LogP contribution in [0.3, 0.4) is 0 Å². The first-order valence-electron chi connectivity index (χ1n) is 7.85. The van der Waals surface area contributed by atoms with E-state index in [4.69, 9.17) is 0 Å². The number of rotatable bonds is 9. The zero-order chi connectivity index (χ0) is 15.9. The molecular weight excluding hydrogens is 270 g/mol. The van der Waals surface area contributed by atoms with E-state index in [1.54, 1.807) is 13.8 Å². The van der Waals surface area contributed by atoms with Gasteiger partial charge in [-0.25, -0.2) is 4.79 Å². The van der Waals surface area contributed by atoms with E-state index in [0.29, 0.717) is 13.0 Å². The Morgan fingerprint density at radius 1 is 1.19 bits per heavy atom. The summed E-state index contributed by atoms with van der Waals surface area (Å²) in [4.78, 5) is 36.8. The molecule has 4 amide bonds. The van der Waals surface area contributed by atoms with Crippen LogP contribution in [-0.4, -0.2) is 41.4 Å². The molecule has 0 aliphatic carbocycles. The van der Waals surface area contributed by atoms with Crippen molar-refractivity contribution in [1.82, 2.24) is 15.5 Å². The van der Waals surface area contributed by atoms with E-state index in [9.17, 15) is 14.4 Å². The van der Waals surface area contributed by atoms with Gasteiger partial charge in [0, 0.05) is 6.54 Å². The van der Waals surface area contributed by atoms with Crippen LogP contribution in [0.2, 0.25) is 0 Å². The van der Waals surface area contributed by atoms with E-state index in [0.717, 1.165) is 24.2 Å². The molecule has 1 heterocycles. The zero-order valence-electron chi connectivity index (χ0n) is 13.3. The second-order valence-corrected chi connectivity index (χ2v) is 5.77. The largest absolute Gasteiger partial charge is 0.355 e. The third-order valence-corrected chi connectivity index (χ3v) is 3.80. The number of hydrogen-bond acceptors (Lipinski definition) is 3. The van der Waals surface area contributed by atoms with Crippen molar-refractivity contribution >= 4 is 17.8 Å². The van der Waals surface area contributed by atoms with Crippen LogP contribution >= 0.6 is 0 Å². The second-order valence-electron chi connectivity index (χ2n) is 5.77. The highest BCUT2D eigenvalue weighted by Gasteiger charge is 2.47. The van der Waals surface area contributed by atoms with Gasteiger partial charge < -0.3 is 10.6 Å². The molecule has 0 radical (unpaired) electrons. The monoisotopic (exact) mass is 297 g/mol. The van der Waals surface area contributed by atoms with Gasteiger partial charge in [-0.1, -0.05) is 39.0 Å². The summed E-state index contributed by atoms with van der Waals surface area (Å²) in [6.07, 6.45) is 6.10. The Hall–Kier alpha value is -1.59. The van der Waals surface area contributed by atoms with Gasteiger partial charge in [-0.2, -0.15) is 0 Å². The summed E-state index contributed by atoms with van der Waals surface area (Å²) in [5.74, 6) is -0.609. The third kappa shape index (κ3) is 4.72. The van der Waals surface area contributed by atoms with E-state index in [1.165, 1.54) is 12.8 Å². The van der Waals surface area contributed by atoms with E-state index < -0.39 is 11.6 Å². The molecule has 6 nitrogen and oxygen atoms in total. The maximum Gasteiger partial charge on any atom is 0.325 e. The van der Waals surface area contributed by atoms with Crippen LogP contribution in [0, 0.1) is 0 Å². The Balaban J connectivity index is 2.51. The Bertz CT molecular complexity index is 398.